The fraction of sp³-hybridized carbons (Fsp3) is 0.200. The third-order valence-corrected chi connectivity index (χ3v) is 4.88. The van der Waals surface area contributed by atoms with Crippen molar-refractivity contribution in [2.24, 2.45) is 4.40 Å². The summed E-state index contributed by atoms with van der Waals surface area (Å²) in [6, 6.07) is 5.13. The number of nitrogens with one attached hydrogen (secondary N) is 1. The van der Waals surface area contributed by atoms with Gasteiger partial charge in [0.2, 0.25) is 6.79 Å². The van der Waals surface area contributed by atoms with E-state index in [9.17, 15) is 13.2 Å². The van der Waals surface area contributed by atoms with E-state index < -0.39 is 10.0 Å². The maximum atomic E-state index is 12.4. The summed E-state index contributed by atoms with van der Waals surface area (Å²) in [5, 5.41) is 2.77. The fourth-order valence-corrected chi connectivity index (χ4v) is 3.48. The molecule has 3 aliphatic rings. The molecule has 0 spiro atoms. The molecule has 0 atom stereocenters. The van der Waals surface area contributed by atoms with E-state index in [1.807, 2.05) is 0 Å². The van der Waals surface area contributed by atoms with Gasteiger partial charge in [-0.25, -0.2) is 8.42 Å². The topological polar surface area (TPSA) is 97.3 Å². The average Bonchev–Trinajstić information content (AvgIpc) is 3.01. The van der Waals surface area contributed by atoms with E-state index in [0.29, 0.717) is 28.6 Å². The second-order valence-electron chi connectivity index (χ2n) is 5.37. The minimum absolute atomic E-state index is 0.0715. The molecule has 1 N–H and O–H groups in total. The van der Waals surface area contributed by atoms with E-state index in [-0.39, 0.29) is 25.0 Å². The second-order valence-corrected chi connectivity index (χ2v) is 7.12. The normalized spacial score (nSPS) is 20.1. The summed E-state index contributed by atoms with van der Waals surface area (Å²) in [4.78, 5) is 14.0. The highest BCUT2D eigenvalue weighted by Gasteiger charge is 2.25. The van der Waals surface area contributed by atoms with Crippen LogP contribution in [0.2, 0.25) is 0 Å². The minimum Gasteiger partial charge on any atom is -0.454 e. The molecule has 4 rings (SSSR count). The van der Waals surface area contributed by atoms with Gasteiger partial charge in [-0.15, -0.1) is 4.40 Å². The molecule has 1 amide bonds. The molecule has 0 aliphatic carbocycles. The Bertz CT molecular complexity index is 917. The molecule has 124 valence electrons. The number of amides is 1. The van der Waals surface area contributed by atoms with Gasteiger partial charge in [0.1, 0.15) is 5.84 Å². The van der Waals surface area contributed by atoms with Crippen LogP contribution in [0.5, 0.6) is 11.5 Å². The van der Waals surface area contributed by atoms with Crippen LogP contribution in [0.3, 0.4) is 0 Å². The molecular weight excluding hydrogens is 334 g/mol. The Morgan fingerprint density at radius 2 is 2.04 bits per heavy atom. The van der Waals surface area contributed by atoms with Crippen LogP contribution in [0.15, 0.2) is 46.5 Å². The van der Waals surface area contributed by atoms with Gasteiger partial charge < -0.3 is 19.7 Å². The van der Waals surface area contributed by atoms with Crippen molar-refractivity contribution in [1.82, 2.24) is 4.90 Å². The molecule has 0 saturated carbocycles. The molecule has 1 aromatic rings. The van der Waals surface area contributed by atoms with Gasteiger partial charge in [-0.2, -0.15) is 0 Å². The van der Waals surface area contributed by atoms with Crippen molar-refractivity contribution in [3.05, 3.63) is 42.1 Å². The van der Waals surface area contributed by atoms with Gasteiger partial charge in [-0.1, -0.05) is 0 Å². The Hall–Kier alpha value is -2.81. The first-order chi connectivity index (χ1) is 11.5. The van der Waals surface area contributed by atoms with E-state index in [2.05, 4.69) is 9.71 Å². The third kappa shape index (κ3) is 2.73. The first-order valence-corrected chi connectivity index (χ1v) is 8.81. The lowest BCUT2D eigenvalue weighted by Gasteiger charge is -2.26. The van der Waals surface area contributed by atoms with Crippen molar-refractivity contribution in [3.63, 3.8) is 0 Å². The minimum atomic E-state index is -3.41. The zero-order valence-corrected chi connectivity index (χ0v) is 13.2. The molecule has 0 radical (unpaired) electrons. The van der Waals surface area contributed by atoms with E-state index in [4.69, 9.17) is 9.47 Å². The molecule has 0 unspecified atom stereocenters. The predicted octanol–water partition coefficient (Wildman–Crippen LogP) is 0.851. The van der Waals surface area contributed by atoms with Crippen LogP contribution in [-0.4, -0.2) is 44.2 Å². The van der Waals surface area contributed by atoms with E-state index in [1.54, 1.807) is 35.4 Å². The summed E-state index contributed by atoms with van der Waals surface area (Å²) >= 11 is 0. The molecule has 8 nitrogen and oxygen atoms in total. The highest BCUT2D eigenvalue weighted by molar-refractivity contribution is 7.90. The molecule has 1 aromatic carbocycles. The van der Waals surface area contributed by atoms with E-state index in [1.165, 1.54) is 6.08 Å². The lowest BCUT2D eigenvalue weighted by atomic mass is 10.1. The van der Waals surface area contributed by atoms with Crippen molar-refractivity contribution in [3.8, 4) is 11.5 Å². The molecule has 0 saturated heterocycles. The largest absolute Gasteiger partial charge is 0.454 e. The molecule has 3 aliphatic heterocycles. The summed E-state index contributed by atoms with van der Waals surface area (Å²) in [7, 11) is -3.41. The number of hydrogen-bond donors (Lipinski definition) is 1. The van der Waals surface area contributed by atoms with Crippen molar-refractivity contribution < 1.29 is 22.7 Å². The summed E-state index contributed by atoms with van der Waals surface area (Å²) in [5.41, 5.74) is 0.991. The van der Waals surface area contributed by atoms with Crippen molar-refractivity contribution in [2.45, 2.75) is 0 Å². The van der Waals surface area contributed by atoms with Gasteiger partial charge in [0.05, 0.1) is 11.3 Å². The number of rotatable bonds is 2. The Balaban J connectivity index is 1.52. The van der Waals surface area contributed by atoms with Crippen LogP contribution in [0.4, 0.5) is 5.69 Å². The van der Waals surface area contributed by atoms with Crippen molar-refractivity contribution in [2.75, 3.05) is 24.4 Å². The molecule has 9 heteroatoms. The smallest absolute Gasteiger partial charge is 0.257 e. The summed E-state index contributed by atoms with van der Waals surface area (Å²) in [6.45, 7) is 0.437. The highest BCUT2D eigenvalue weighted by Crippen LogP contribution is 2.34. The number of benzene rings is 1. The van der Waals surface area contributed by atoms with Gasteiger partial charge in [-0.3, -0.25) is 4.79 Å². The zero-order chi connectivity index (χ0) is 16.7. The van der Waals surface area contributed by atoms with Crippen LogP contribution < -0.4 is 14.8 Å². The lowest BCUT2D eigenvalue weighted by Crippen LogP contribution is -2.37. The number of fused-ring (bicyclic) bond motifs is 2. The first kappa shape index (κ1) is 14.8. The number of anilines is 1. The third-order valence-electron chi connectivity index (χ3n) is 3.72. The van der Waals surface area contributed by atoms with Crippen LogP contribution >= 0.6 is 0 Å². The zero-order valence-electron chi connectivity index (χ0n) is 12.4. The number of amidine groups is 1. The number of carbonyl (C=O) groups excluding carboxylic acids is 1. The van der Waals surface area contributed by atoms with Gasteiger partial charge in [0.15, 0.2) is 11.5 Å². The van der Waals surface area contributed by atoms with Crippen LogP contribution in [0.25, 0.3) is 0 Å². The van der Waals surface area contributed by atoms with E-state index >= 15 is 0 Å². The summed E-state index contributed by atoms with van der Waals surface area (Å²) < 4.78 is 37.1. The molecule has 3 heterocycles. The monoisotopic (exact) mass is 347 g/mol. The Kier molecular flexibility index (Phi) is 3.31. The average molecular weight is 347 g/mol. The quantitative estimate of drug-likeness (QED) is 0.852. The number of hydrogen-bond acceptors (Lipinski definition) is 6. The van der Waals surface area contributed by atoms with Gasteiger partial charge in [-0.05, 0) is 24.3 Å². The van der Waals surface area contributed by atoms with Gasteiger partial charge in [0, 0.05) is 24.5 Å². The molecular formula is C15H13N3O5S. The number of nitrogens with zero attached hydrogens (tertiary/aromatic N) is 2. The van der Waals surface area contributed by atoms with Crippen LogP contribution in [0, 0.1) is 0 Å². The lowest BCUT2D eigenvalue weighted by molar-refractivity contribution is -0.112. The molecule has 0 bridgehead atoms. The number of sulfonamides is 1. The first-order valence-electron chi connectivity index (χ1n) is 7.20. The fourth-order valence-electron chi connectivity index (χ4n) is 2.51. The SMILES string of the molecule is O=C(Nc1ccc2c(c1)OCO2)C1=CN2CCS(=O)(=O)N=C2C=C1. The van der Waals surface area contributed by atoms with Crippen LogP contribution in [0.1, 0.15) is 0 Å². The standard InChI is InChI=1S/C15H13N3O5S/c19-15(16-11-2-3-12-13(7-11)23-9-22-12)10-1-4-14-17-24(20,21)6-5-18(14)8-10/h1-4,7-8H,5-6,9H2,(H,16,19). The molecule has 24 heavy (non-hydrogen) atoms. The Morgan fingerprint density at radius 1 is 1.21 bits per heavy atom. The molecule has 0 aromatic heterocycles. The predicted molar refractivity (Wildman–Crippen MR) is 86.3 cm³/mol. The van der Waals surface area contributed by atoms with E-state index in [0.717, 1.165) is 0 Å². The Morgan fingerprint density at radius 3 is 2.92 bits per heavy atom. The summed E-state index contributed by atoms with van der Waals surface area (Å²) in [5.74, 6) is 1.16. The van der Waals surface area contributed by atoms with Gasteiger partial charge >= 0.3 is 0 Å². The van der Waals surface area contributed by atoms with Crippen molar-refractivity contribution in [1.29, 1.82) is 0 Å². The number of ether oxygens (including phenoxy) is 2. The number of carbonyl (C=O) groups is 1. The molecule has 0 fully saturated rings. The van der Waals surface area contributed by atoms with Crippen molar-refractivity contribution >= 4 is 27.5 Å². The second kappa shape index (κ2) is 5.38. The maximum absolute atomic E-state index is 12.4. The summed E-state index contributed by atoms with van der Waals surface area (Å²) in [6.07, 6.45) is 4.65. The maximum Gasteiger partial charge on any atom is 0.257 e. The Labute approximate surface area is 138 Å². The van der Waals surface area contributed by atoms with Crippen LogP contribution in [-0.2, 0) is 14.8 Å². The van der Waals surface area contributed by atoms with Gasteiger partial charge in [0.25, 0.3) is 15.9 Å². The highest BCUT2D eigenvalue weighted by atomic mass is 32.2.